The van der Waals surface area contributed by atoms with Gasteiger partial charge in [0, 0.05) is 32.2 Å². The van der Waals surface area contributed by atoms with Gasteiger partial charge in [0.1, 0.15) is 0 Å². The largest absolute Gasteiger partial charge is 0.301 e. The van der Waals surface area contributed by atoms with E-state index in [1.54, 1.807) is 0 Å². The molecule has 1 heterocycles. The summed E-state index contributed by atoms with van der Waals surface area (Å²) in [5.41, 5.74) is 0. The van der Waals surface area contributed by atoms with E-state index in [2.05, 4.69) is 37.5 Å². The number of hydrogen-bond donors (Lipinski definition) is 0. The average molecular weight is 309 g/mol. The molecular formula is C20H40N2. The van der Waals surface area contributed by atoms with Crippen LogP contribution in [0.3, 0.4) is 0 Å². The van der Waals surface area contributed by atoms with E-state index in [1.807, 2.05) is 0 Å². The molecule has 0 spiro atoms. The highest BCUT2D eigenvalue weighted by atomic mass is 15.3. The lowest BCUT2D eigenvalue weighted by molar-refractivity contribution is 0.0632. The Labute approximate surface area is 139 Å². The highest BCUT2D eigenvalue weighted by molar-refractivity contribution is 4.84. The first-order valence-electron chi connectivity index (χ1n) is 10.1. The van der Waals surface area contributed by atoms with Crippen LogP contribution in [0, 0.1) is 17.8 Å². The highest BCUT2D eigenvalue weighted by Gasteiger charge is 2.29. The molecule has 130 valence electrons. The predicted octanol–water partition coefficient (Wildman–Crippen LogP) is 4.65. The smallest absolute Gasteiger partial charge is 0.0113 e. The first-order valence-corrected chi connectivity index (χ1v) is 10.1. The predicted molar refractivity (Wildman–Crippen MR) is 97.3 cm³/mol. The summed E-state index contributed by atoms with van der Waals surface area (Å²) < 4.78 is 0. The fourth-order valence-electron chi connectivity index (χ4n) is 4.44. The van der Waals surface area contributed by atoms with Gasteiger partial charge in [0.05, 0.1) is 0 Å². The van der Waals surface area contributed by atoms with Crippen molar-refractivity contribution in [2.24, 2.45) is 17.8 Å². The number of nitrogens with zero attached hydrogens (tertiary/aromatic N) is 2. The van der Waals surface area contributed by atoms with Crippen molar-refractivity contribution in [1.82, 2.24) is 9.80 Å². The summed E-state index contributed by atoms with van der Waals surface area (Å²) in [5.74, 6) is 2.82. The fourth-order valence-corrected chi connectivity index (χ4v) is 4.44. The van der Waals surface area contributed by atoms with Gasteiger partial charge < -0.3 is 4.90 Å². The van der Waals surface area contributed by atoms with Gasteiger partial charge >= 0.3 is 0 Å². The Bertz CT molecular complexity index is 286. The van der Waals surface area contributed by atoms with Gasteiger partial charge in [-0.05, 0) is 62.8 Å². The van der Waals surface area contributed by atoms with Gasteiger partial charge in [0.25, 0.3) is 0 Å². The number of hydrogen-bond acceptors (Lipinski definition) is 2. The zero-order valence-electron chi connectivity index (χ0n) is 15.7. The molecule has 2 aliphatic rings. The van der Waals surface area contributed by atoms with Crippen molar-refractivity contribution >= 4 is 0 Å². The van der Waals surface area contributed by atoms with E-state index in [4.69, 9.17) is 0 Å². The lowest BCUT2D eigenvalue weighted by atomic mass is 9.77. The summed E-state index contributed by atoms with van der Waals surface area (Å²) >= 11 is 0. The summed E-state index contributed by atoms with van der Waals surface area (Å²) in [6, 6.07) is 0.901. The second-order valence-corrected chi connectivity index (χ2v) is 8.37. The van der Waals surface area contributed by atoms with Crippen LogP contribution in [0.25, 0.3) is 0 Å². The van der Waals surface area contributed by atoms with Crippen molar-refractivity contribution in [1.29, 1.82) is 0 Å². The molecule has 0 aromatic heterocycles. The van der Waals surface area contributed by atoms with E-state index in [0.717, 1.165) is 23.8 Å². The van der Waals surface area contributed by atoms with Crippen LogP contribution in [-0.2, 0) is 0 Å². The third-order valence-electron chi connectivity index (χ3n) is 6.37. The molecule has 1 unspecified atom stereocenters. The number of piperazine rings is 1. The maximum absolute atomic E-state index is 2.81. The molecule has 0 N–H and O–H groups in total. The van der Waals surface area contributed by atoms with E-state index in [1.165, 1.54) is 77.7 Å². The zero-order chi connectivity index (χ0) is 15.9. The van der Waals surface area contributed by atoms with Crippen LogP contribution in [-0.4, -0.2) is 48.6 Å². The third-order valence-corrected chi connectivity index (χ3v) is 6.37. The first-order chi connectivity index (χ1) is 10.6. The summed E-state index contributed by atoms with van der Waals surface area (Å²) in [7, 11) is 0. The summed E-state index contributed by atoms with van der Waals surface area (Å²) in [6.07, 6.45) is 10.0. The Hall–Kier alpha value is -0.0800. The highest BCUT2D eigenvalue weighted by Crippen LogP contribution is 2.33. The molecule has 1 aliphatic heterocycles. The van der Waals surface area contributed by atoms with Gasteiger partial charge in [-0.1, -0.05) is 34.1 Å². The molecule has 0 bridgehead atoms. The normalized spacial score (nSPS) is 29.9. The lowest BCUT2D eigenvalue weighted by Crippen LogP contribution is -2.51. The van der Waals surface area contributed by atoms with Crippen LogP contribution < -0.4 is 0 Å². The summed E-state index contributed by atoms with van der Waals surface area (Å²) in [6.45, 7) is 16.1. The topological polar surface area (TPSA) is 6.48 Å². The first kappa shape index (κ1) is 18.3. The Balaban J connectivity index is 1.63. The molecule has 2 fully saturated rings. The van der Waals surface area contributed by atoms with Crippen molar-refractivity contribution in [3.63, 3.8) is 0 Å². The Morgan fingerprint density at radius 1 is 0.909 bits per heavy atom. The summed E-state index contributed by atoms with van der Waals surface area (Å²) in [4.78, 5) is 5.51. The maximum Gasteiger partial charge on any atom is 0.0113 e. The van der Waals surface area contributed by atoms with Crippen LogP contribution in [0.4, 0.5) is 0 Å². The quantitative estimate of drug-likeness (QED) is 0.676. The molecule has 22 heavy (non-hydrogen) atoms. The molecule has 0 aromatic rings. The number of rotatable bonds is 7. The van der Waals surface area contributed by atoms with E-state index in [9.17, 15) is 0 Å². The van der Waals surface area contributed by atoms with Crippen LogP contribution in [0.2, 0.25) is 0 Å². The Morgan fingerprint density at radius 3 is 2.09 bits per heavy atom. The van der Waals surface area contributed by atoms with Gasteiger partial charge in [-0.15, -0.1) is 0 Å². The molecule has 1 atom stereocenters. The maximum atomic E-state index is 2.81. The molecule has 2 rings (SSSR count). The molecule has 0 radical (unpaired) electrons. The van der Waals surface area contributed by atoms with E-state index in [0.29, 0.717) is 0 Å². The van der Waals surface area contributed by atoms with E-state index in [-0.39, 0.29) is 0 Å². The molecule has 1 saturated carbocycles. The van der Waals surface area contributed by atoms with Crippen molar-refractivity contribution in [2.45, 2.75) is 78.7 Å². The molecule has 0 aromatic carbocycles. The lowest BCUT2D eigenvalue weighted by Gasteiger charge is -2.42. The zero-order valence-corrected chi connectivity index (χ0v) is 15.7. The van der Waals surface area contributed by atoms with Gasteiger partial charge in [-0.25, -0.2) is 0 Å². The monoisotopic (exact) mass is 308 g/mol. The Morgan fingerprint density at radius 2 is 1.55 bits per heavy atom. The summed E-state index contributed by atoms with van der Waals surface area (Å²) in [5, 5.41) is 0. The van der Waals surface area contributed by atoms with Gasteiger partial charge in [0.2, 0.25) is 0 Å². The van der Waals surface area contributed by atoms with E-state index >= 15 is 0 Å². The average Bonchev–Trinajstić information content (AvgIpc) is 2.54. The molecule has 1 saturated heterocycles. The van der Waals surface area contributed by atoms with E-state index < -0.39 is 0 Å². The second-order valence-electron chi connectivity index (χ2n) is 8.37. The molecular weight excluding hydrogens is 268 g/mol. The van der Waals surface area contributed by atoms with Gasteiger partial charge in [-0.2, -0.15) is 0 Å². The minimum Gasteiger partial charge on any atom is -0.301 e. The minimum absolute atomic E-state index is 0.863. The minimum atomic E-state index is 0.863. The SMILES string of the molecule is CCC(C)C1CCC(N2CCN(CCCC(C)C)CC2)CC1. The standard InChI is InChI=1S/C20H40N2/c1-5-18(4)19-8-10-20(11-9-19)22-15-13-21(14-16-22)12-6-7-17(2)3/h17-20H,5-16H2,1-4H3. The van der Waals surface area contributed by atoms with Crippen LogP contribution in [0.1, 0.15) is 72.6 Å². The van der Waals surface area contributed by atoms with Crippen LogP contribution in [0.5, 0.6) is 0 Å². The van der Waals surface area contributed by atoms with Crippen molar-refractivity contribution in [2.75, 3.05) is 32.7 Å². The fraction of sp³-hybridized carbons (Fsp3) is 1.00. The van der Waals surface area contributed by atoms with Crippen molar-refractivity contribution < 1.29 is 0 Å². The van der Waals surface area contributed by atoms with Crippen LogP contribution in [0.15, 0.2) is 0 Å². The van der Waals surface area contributed by atoms with Gasteiger partial charge in [-0.3, -0.25) is 4.90 Å². The van der Waals surface area contributed by atoms with Gasteiger partial charge in [0.15, 0.2) is 0 Å². The van der Waals surface area contributed by atoms with Crippen molar-refractivity contribution in [3.8, 4) is 0 Å². The molecule has 1 aliphatic carbocycles. The second kappa shape index (κ2) is 9.27. The Kier molecular flexibility index (Phi) is 7.70. The molecule has 2 nitrogen and oxygen atoms in total. The third kappa shape index (κ3) is 5.53. The molecule has 0 amide bonds. The van der Waals surface area contributed by atoms with Crippen molar-refractivity contribution in [3.05, 3.63) is 0 Å². The van der Waals surface area contributed by atoms with Crippen LogP contribution >= 0.6 is 0 Å². The molecule has 2 heteroatoms.